The second kappa shape index (κ2) is 6.62. The average molecular weight is 351 g/mol. The first-order chi connectivity index (χ1) is 11.6. The first-order valence-electron chi connectivity index (χ1n) is 7.60. The van der Waals surface area contributed by atoms with Crippen LogP contribution in [-0.4, -0.2) is 32.8 Å². The van der Waals surface area contributed by atoms with Crippen LogP contribution < -0.4 is 5.32 Å². The number of hydrogen-bond donors (Lipinski definition) is 2. The molecule has 2 aromatic rings. The van der Waals surface area contributed by atoms with Crippen molar-refractivity contribution in [2.45, 2.75) is 39.3 Å². The van der Waals surface area contributed by atoms with Crippen molar-refractivity contribution in [3.63, 3.8) is 0 Å². The molecule has 6 nitrogen and oxygen atoms in total. The Bertz CT molecular complexity index is 810. The van der Waals surface area contributed by atoms with Gasteiger partial charge in [0.15, 0.2) is 0 Å². The smallest absolute Gasteiger partial charge is 0.325 e. The number of aliphatic carboxylic acids is 1. The zero-order chi connectivity index (χ0) is 18.9. The maximum absolute atomic E-state index is 14.0. The fourth-order valence-corrected chi connectivity index (χ4v) is 2.26. The van der Waals surface area contributed by atoms with Gasteiger partial charge in [-0.05, 0) is 45.4 Å². The zero-order valence-electron chi connectivity index (χ0n) is 14.3. The van der Waals surface area contributed by atoms with Crippen molar-refractivity contribution in [2.75, 3.05) is 0 Å². The largest absolute Gasteiger partial charge is 0.480 e. The molecular weight excluding hydrogens is 332 g/mol. The van der Waals surface area contributed by atoms with Crippen LogP contribution in [0.15, 0.2) is 24.4 Å². The van der Waals surface area contributed by atoms with Crippen molar-refractivity contribution in [3.05, 3.63) is 41.6 Å². The van der Waals surface area contributed by atoms with Crippen LogP contribution in [0.2, 0.25) is 0 Å². The predicted octanol–water partition coefficient (Wildman–Crippen LogP) is 2.46. The second-order valence-corrected chi connectivity index (χ2v) is 6.29. The number of carboxylic acid groups (broad SMARTS) is 1. The molecule has 1 aromatic heterocycles. The number of carboxylic acids is 1. The predicted molar refractivity (Wildman–Crippen MR) is 86.9 cm³/mol. The quantitative estimate of drug-likeness (QED) is 0.867. The van der Waals surface area contributed by atoms with Crippen molar-refractivity contribution >= 4 is 11.9 Å². The monoisotopic (exact) mass is 351 g/mol. The molecule has 25 heavy (non-hydrogen) atoms. The van der Waals surface area contributed by atoms with Crippen molar-refractivity contribution in [3.8, 4) is 11.3 Å². The van der Waals surface area contributed by atoms with E-state index in [-0.39, 0.29) is 11.3 Å². The number of carbonyl (C=O) groups is 2. The number of halogens is 2. The normalized spacial score (nSPS) is 12.7. The maximum atomic E-state index is 14.0. The molecule has 0 aliphatic heterocycles. The van der Waals surface area contributed by atoms with Gasteiger partial charge in [0.2, 0.25) is 5.91 Å². The van der Waals surface area contributed by atoms with Gasteiger partial charge in [-0.15, -0.1) is 0 Å². The number of amides is 1. The zero-order valence-corrected chi connectivity index (χ0v) is 14.3. The number of rotatable bonds is 5. The van der Waals surface area contributed by atoms with E-state index < -0.39 is 35.1 Å². The molecule has 0 bridgehead atoms. The minimum Gasteiger partial charge on any atom is -0.480 e. The van der Waals surface area contributed by atoms with Crippen molar-refractivity contribution in [2.24, 2.45) is 0 Å². The Hall–Kier alpha value is -2.77. The summed E-state index contributed by atoms with van der Waals surface area (Å²) < 4.78 is 29.3. The number of aryl methyl sites for hydroxylation is 1. The van der Waals surface area contributed by atoms with Crippen LogP contribution >= 0.6 is 0 Å². The number of nitrogens with zero attached hydrogens (tertiary/aromatic N) is 2. The molecule has 1 unspecified atom stereocenters. The summed E-state index contributed by atoms with van der Waals surface area (Å²) in [5.74, 6) is -3.26. The van der Waals surface area contributed by atoms with Crippen molar-refractivity contribution in [1.82, 2.24) is 15.1 Å². The van der Waals surface area contributed by atoms with Crippen LogP contribution in [0.25, 0.3) is 11.3 Å². The third-order valence-corrected chi connectivity index (χ3v) is 3.94. The number of aromatic nitrogens is 2. The molecule has 0 saturated heterocycles. The molecule has 8 heteroatoms. The number of hydrogen-bond acceptors (Lipinski definition) is 3. The van der Waals surface area contributed by atoms with E-state index in [4.69, 9.17) is 5.11 Å². The summed E-state index contributed by atoms with van der Waals surface area (Å²) in [5, 5.41) is 15.4. The summed E-state index contributed by atoms with van der Waals surface area (Å²) in [5.41, 5.74) is -0.957. The topological polar surface area (TPSA) is 84.2 Å². The van der Waals surface area contributed by atoms with Gasteiger partial charge < -0.3 is 10.4 Å². The Morgan fingerprint density at radius 3 is 2.36 bits per heavy atom. The molecule has 0 spiro atoms. The second-order valence-electron chi connectivity index (χ2n) is 6.29. The van der Waals surface area contributed by atoms with E-state index in [1.54, 1.807) is 6.92 Å². The molecule has 0 fully saturated rings. The van der Waals surface area contributed by atoms with Crippen LogP contribution in [0.4, 0.5) is 8.78 Å². The van der Waals surface area contributed by atoms with Crippen LogP contribution in [-0.2, 0) is 15.1 Å². The molecule has 2 N–H and O–H groups in total. The lowest BCUT2D eigenvalue weighted by Crippen LogP contribution is -2.49. The lowest BCUT2D eigenvalue weighted by Gasteiger charge is -2.25. The van der Waals surface area contributed by atoms with Crippen molar-refractivity contribution < 1.29 is 23.5 Å². The van der Waals surface area contributed by atoms with Gasteiger partial charge in [-0.25, -0.2) is 8.78 Å². The van der Waals surface area contributed by atoms with Gasteiger partial charge in [0.1, 0.15) is 28.9 Å². The first-order valence-corrected chi connectivity index (χ1v) is 7.60. The molecule has 1 heterocycles. The van der Waals surface area contributed by atoms with Gasteiger partial charge in [-0.2, -0.15) is 5.10 Å². The fourth-order valence-electron chi connectivity index (χ4n) is 2.26. The summed E-state index contributed by atoms with van der Waals surface area (Å²) in [6.07, 6.45) is 1.49. The minimum absolute atomic E-state index is 0.0859. The van der Waals surface area contributed by atoms with Crippen molar-refractivity contribution in [1.29, 1.82) is 0 Å². The molecule has 1 amide bonds. The van der Waals surface area contributed by atoms with Crippen LogP contribution in [0.5, 0.6) is 0 Å². The van der Waals surface area contributed by atoms with Gasteiger partial charge in [0, 0.05) is 6.20 Å². The summed E-state index contributed by atoms with van der Waals surface area (Å²) in [6.45, 7) is 6.03. The SMILES string of the molecule is Cc1cn(C(C)(C)C(=O)NC(C)C(=O)O)nc1-c1c(F)cccc1F. The molecule has 2 rings (SSSR count). The molecule has 0 radical (unpaired) electrons. The van der Waals surface area contributed by atoms with E-state index in [2.05, 4.69) is 10.4 Å². The van der Waals surface area contributed by atoms with Gasteiger partial charge in [0.25, 0.3) is 0 Å². The summed E-state index contributed by atoms with van der Waals surface area (Å²) >= 11 is 0. The highest BCUT2D eigenvalue weighted by Gasteiger charge is 2.33. The summed E-state index contributed by atoms with van der Waals surface area (Å²) in [6, 6.07) is 2.43. The fraction of sp³-hybridized carbons (Fsp3) is 0.353. The number of carbonyl (C=O) groups excluding carboxylic acids is 1. The molecule has 0 aliphatic rings. The molecule has 134 valence electrons. The molecular formula is C17H19F2N3O3. The van der Waals surface area contributed by atoms with Gasteiger partial charge in [-0.3, -0.25) is 14.3 Å². The number of nitrogens with one attached hydrogen (secondary N) is 1. The Labute approximate surface area is 143 Å². The molecule has 0 saturated carbocycles. The summed E-state index contributed by atoms with van der Waals surface area (Å²) in [4.78, 5) is 23.3. The van der Waals surface area contributed by atoms with Crippen LogP contribution in [0.1, 0.15) is 26.3 Å². The van der Waals surface area contributed by atoms with E-state index in [0.717, 1.165) is 12.1 Å². The van der Waals surface area contributed by atoms with Crippen LogP contribution in [0.3, 0.4) is 0 Å². The molecule has 1 aromatic carbocycles. The lowest BCUT2D eigenvalue weighted by molar-refractivity contribution is -0.142. The van der Waals surface area contributed by atoms with Gasteiger partial charge >= 0.3 is 5.97 Å². The summed E-state index contributed by atoms with van der Waals surface area (Å²) in [7, 11) is 0. The number of benzene rings is 1. The highest BCUT2D eigenvalue weighted by atomic mass is 19.1. The Morgan fingerprint density at radius 2 is 1.84 bits per heavy atom. The standard InChI is InChI=1S/C17H19F2N3O3/c1-9-8-22(17(3,4)16(25)20-10(2)15(23)24)21-14(9)13-11(18)6-5-7-12(13)19/h5-8,10H,1-4H3,(H,20,25)(H,23,24). The van der Waals surface area contributed by atoms with E-state index in [0.29, 0.717) is 5.56 Å². The molecule has 0 aliphatic carbocycles. The van der Waals surface area contributed by atoms with E-state index in [1.807, 2.05) is 0 Å². The maximum Gasteiger partial charge on any atom is 0.325 e. The highest BCUT2D eigenvalue weighted by molar-refractivity contribution is 5.88. The van der Waals surface area contributed by atoms with Crippen LogP contribution in [0, 0.1) is 18.6 Å². The van der Waals surface area contributed by atoms with E-state index >= 15 is 0 Å². The third-order valence-electron chi connectivity index (χ3n) is 3.94. The highest BCUT2D eigenvalue weighted by Crippen LogP contribution is 2.29. The Morgan fingerprint density at radius 1 is 1.28 bits per heavy atom. The average Bonchev–Trinajstić information content (AvgIpc) is 2.89. The minimum atomic E-state index is -1.26. The molecule has 1 atom stereocenters. The third kappa shape index (κ3) is 3.52. The van der Waals surface area contributed by atoms with E-state index in [1.165, 1.54) is 37.7 Å². The first kappa shape index (κ1) is 18.6. The Balaban J connectivity index is 2.42. The Kier molecular flexibility index (Phi) is 4.92. The van der Waals surface area contributed by atoms with Gasteiger partial charge in [-0.1, -0.05) is 6.07 Å². The lowest BCUT2D eigenvalue weighted by atomic mass is 10.0. The van der Waals surface area contributed by atoms with E-state index in [9.17, 15) is 18.4 Å². The van der Waals surface area contributed by atoms with Gasteiger partial charge in [0.05, 0.1) is 5.56 Å².